The van der Waals surface area contributed by atoms with Crippen molar-refractivity contribution in [3.8, 4) is 0 Å². The van der Waals surface area contributed by atoms with Gasteiger partial charge in [-0.2, -0.15) is 0 Å². The van der Waals surface area contributed by atoms with Gasteiger partial charge in [0.15, 0.2) is 0 Å². The average molecular weight is 492 g/mol. The number of thioether (sulfide) groups is 1. The van der Waals surface area contributed by atoms with E-state index in [1.54, 1.807) is 11.8 Å². The summed E-state index contributed by atoms with van der Waals surface area (Å²) in [4.78, 5) is 22.0. The zero-order valence-corrected chi connectivity index (χ0v) is 21.3. The van der Waals surface area contributed by atoms with Crippen molar-refractivity contribution >= 4 is 34.4 Å². The SMILES string of the molecule is CC(C)N(C(=O)Cn1c([C@@H](Sc2ccccc2)c2ccccc2)nc2ccccc21)c1ccccc1. The van der Waals surface area contributed by atoms with E-state index in [9.17, 15) is 4.79 Å². The zero-order chi connectivity index (χ0) is 24.9. The van der Waals surface area contributed by atoms with Crippen molar-refractivity contribution in [1.29, 1.82) is 0 Å². The summed E-state index contributed by atoms with van der Waals surface area (Å²) in [5.74, 6) is 0.915. The number of rotatable bonds is 8. The summed E-state index contributed by atoms with van der Waals surface area (Å²) < 4.78 is 2.10. The van der Waals surface area contributed by atoms with Gasteiger partial charge in [0.2, 0.25) is 5.91 Å². The number of carbonyl (C=O) groups excluding carboxylic acids is 1. The maximum Gasteiger partial charge on any atom is 0.247 e. The van der Waals surface area contributed by atoms with Crippen molar-refractivity contribution in [3.63, 3.8) is 0 Å². The minimum absolute atomic E-state index is 0.0294. The fourth-order valence-corrected chi connectivity index (χ4v) is 5.69. The first kappa shape index (κ1) is 23.9. The average Bonchev–Trinajstić information content (AvgIpc) is 3.27. The molecule has 1 amide bonds. The number of benzene rings is 4. The molecule has 4 nitrogen and oxygen atoms in total. The summed E-state index contributed by atoms with van der Waals surface area (Å²) in [5.41, 5.74) is 3.92. The van der Waals surface area contributed by atoms with Crippen LogP contribution >= 0.6 is 11.8 Å². The molecule has 0 radical (unpaired) electrons. The van der Waals surface area contributed by atoms with Crippen LogP contribution in [-0.4, -0.2) is 21.5 Å². The van der Waals surface area contributed by atoms with E-state index in [-0.39, 0.29) is 23.7 Å². The number of imidazole rings is 1. The molecular formula is C31H29N3OS. The lowest BCUT2D eigenvalue weighted by Crippen LogP contribution is -2.39. The lowest BCUT2D eigenvalue weighted by atomic mass is 10.1. The van der Waals surface area contributed by atoms with Gasteiger partial charge in [-0.15, -0.1) is 11.8 Å². The van der Waals surface area contributed by atoms with Gasteiger partial charge in [0.05, 0.1) is 16.3 Å². The molecule has 180 valence electrons. The summed E-state index contributed by atoms with van der Waals surface area (Å²) in [5, 5.41) is -0.0713. The first-order chi connectivity index (χ1) is 17.6. The van der Waals surface area contributed by atoms with E-state index in [1.807, 2.05) is 65.6 Å². The van der Waals surface area contributed by atoms with Crippen LogP contribution < -0.4 is 4.90 Å². The van der Waals surface area contributed by atoms with Crippen LogP contribution in [0.15, 0.2) is 120 Å². The highest BCUT2D eigenvalue weighted by atomic mass is 32.2. The third-order valence-electron chi connectivity index (χ3n) is 6.13. The Kier molecular flexibility index (Phi) is 7.19. The Morgan fingerprint density at radius 1 is 0.806 bits per heavy atom. The third kappa shape index (κ3) is 5.07. The number of anilines is 1. The molecule has 5 heteroatoms. The van der Waals surface area contributed by atoms with Crippen LogP contribution in [0.1, 0.15) is 30.5 Å². The van der Waals surface area contributed by atoms with Gasteiger partial charge in [-0.05, 0) is 55.8 Å². The molecule has 36 heavy (non-hydrogen) atoms. The number of aromatic nitrogens is 2. The molecule has 1 heterocycles. The number of hydrogen-bond acceptors (Lipinski definition) is 3. The maximum absolute atomic E-state index is 13.8. The fraction of sp³-hybridized carbons (Fsp3) is 0.161. The Labute approximate surface area is 216 Å². The maximum atomic E-state index is 13.8. The molecule has 0 saturated carbocycles. The first-order valence-electron chi connectivity index (χ1n) is 12.2. The zero-order valence-electron chi connectivity index (χ0n) is 20.5. The molecule has 0 saturated heterocycles. The summed E-state index contributed by atoms with van der Waals surface area (Å²) in [7, 11) is 0. The number of para-hydroxylation sites is 3. The van der Waals surface area contributed by atoms with Crippen molar-refractivity contribution < 1.29 is 4.79 Å². The van der Waals surface area contributed by atoms with Gasteiger partial charge in [0.1, 0.15) is 12.4 Å². The minimum atomic E-state index is -0.0713. The van der Waals surface area contributed by atoms with E-state index in [0.717, 1.165) is 33.0 Å². The van der Waals surface area contributed by atoms with Crippen molar-refractivity contribution in [2.45, 2.75) is 36.6 Å². The van der Waals surface area contributed by atoms with Gasteiger partial charge in [0, 0.05) is 16.6 Å². The first-order valence-corrected chi connectivity index (χ1v) is 13.1. The quantitative estimate of drug-likeness (QED) is 0.213. The summed E-state index contributed by atoms with van der Waals surface area (Å²) in [6.07, 6.45) is 0. The Morgan fingerprint density at radius 2 is 1.39 bits per heavy atom. The molecule has 0 spiro atoms. The second-order valence-electron chi connectivity index (χ2n) is 8.96. The molecule has 0 unspecified atom stereocenters. The Hall–Kier alpha value is -3.83. The van der Waals surface area contributed by atoms with Gasteiger partial charge in [0.25, 0.3) is 0 Å². The van der Waals surface area contributed by atoms with E-state index >= 15 is 0 Å². The normalized spacial score (nSPS) is 12.1. The second-order valence-corrected chi connectivity index (χ2v) is 10.1. The smallest absolute Gasteiger partial charge is 0.247 e. The van der Waals surface area contributed by atoms with Gasteiger partial charge < -0.3 is 9.47 Å². The Balaban J connectivity index is 1.60. The van der Waals surface area contributed by atoms with Gasteiger partial charge in [-0.25, -0.2) is 4.98 Å². The monoisotopic (exact) mass is 491 g/mol. The Bertz CT molecular complexity index is 1430. The molecule has 0 bridgehead atoms. The van der Waals surface area contributed by atoms with Crippen LogP contribution in [0, 0.1) is 0 Å². The lowest BCUT2D eigenvalue weighted by molar-refractivity contribution is -0.119. The predicted molar refractivity (Wildman–Crippen MR) is 149 cm³/mol. The van der Waals surface area contributed by atoms with E-state index in [4.69, 9.17) is 4.98 Å². The van der Waals surface area contributed by atoms with Crippen LogP contribution in [0.25, 0.3) is 11.0 Å². The van der Waals surface area contributed by atoms with Crippen LogP contribution in [0.4, 0.5) is 5.69 Å². The van der Waals surface area contributed by atoms with Crippen molar-refractivity contribution in [1.82, 2.24) is 9.55 Å². The topological polar surface area (TPSA) is 38.1 Å². The van der Waals surface area contributed by atoms with Crippen molar-refractivity contribution in [2.75, 3.05) is 4.90 Å². The number of hydrogen-bond donors (Lipinski definition) is 0. The molecule has 5 rings (SSSR count). The molecule has 0 aliphatic carbocycles. The highest BCUT2D eigenvalue weighted by molar-refractivity contribution is 7.99. The third-order valence-corrected chi connectivity index (χ3v) is 7.39. The highest BCUT2D eigenvalue weighted by Crippen LogP contribution is 2.41. The number of nitrogens with zero attached hydrogens (tertiary/aromatic N) is 3. The molecule has 1 atom stereocenters. The van der Waals surface area contributed by atoms with Crippen LogP contribution in [0.2, 0.25) is 0 Å². The van der Waals surface area contributed by atoms with Gasteiger partial charge >= 0.3 is 0 Å². The van der Waals surface area contributed by atoms with E-state index in [0.29, 0.717) is 0 Å². The lowest BCUT2D eigenvalue weighted by Gasteiger charge is -2.28. The van der Waals surface area contributed by atoms with E-state index in [2.05, 4.69) is 73.0 Å². The number of amides is 1. The summed E-state index contributed by atoms with van der Waals surface area (Å²) in [6.45, 7) is 4.31. The molecule has 0 N–H and O–H groups in total. The van der Waals surface area contributed by atoms with E-state index < -0.39 is 0 Å². The second kappa shape index (κ2) is 10.8. The predicted octanol–water partition coefficient (Wildman–Crippen LogP) is 7.36. The molecule has 0 aliphatic heterocycles. The van der Waals surface area contributed by atoms with Gasteiger partial charge in [-0.3, -0.25) is 4.79 Å². The largest absolute Gasteiger partial charge is 0.317 e. The standard InChI is InChI=1S/C31H29N3OS/c1-23(2)34(25-16-8-4-9-17-25)29(35)22-33-28-21-13-12-20-27(28)32-31(33)30(24-14-6-3-7-15-24)36-26-18-10-5-11-19-26/h3-21,23,30H,22H2,1-2H3/t30-/m0/s1. The molecular weight excluding hydrogens is 462 g/mol. The number of fused-ring (bicyclic) bond motifs is 1. The molecule has 5 aromatic rings. The number of carbonyl (C=O) groups is 1. The molecule has 4 aromatic carbocycles. The molecule has 0 fully saturated rings. The summed E-state index contributed by atoms with van der Waals surface area (Å²) in [6, 6.07) is 38.8. The van der Waals surface area contributed by atoms with Crippen LogP contribution in [0.3, 0.4) is 0 Å². The van der Waals surface area contributed by atoms with Crippen LogP contribution in [-0.2, 0) is 11.3 Å². The minimum Gasteiger partial charge on any atom is -0.317 e. The van der Waals surface area contributed by atoms with Crippen molar-refractivity contribution in [3.05, 3.63) is 127 Å². The molecule has 1 aromatic heterocycles. The molecule has 0 aliphatic rings. The van der Waals surface area contributed by atoms with Crippen LogP contribution in [0.5, 0.6) is 0 Å². The summed E-state index contributed by atoms with van der Waals surface area (Å²) >= 11 is 1.75. The Morgan fingerprint density at radius 3 is 2.06 bits per heavy atom. The highest BCUT2D eigenvalue weighted by Gasteiger charge is 2.27. The van der Waals surface area contributed by atoms with Gasteiger partial charge in [-0.1, -0.05) is 78.9 Å². The van der Waals surface area contributed by atoms with Crippen molar-refractivity contribution in [2.24, 2.45) is 0 Å². The fourth-order valence-electron chi connectivity index (χ4n) is 4.52. The van der Waals surface area contributed by atoms with E-state index in [1.165, 1.54) is 0 Å².